The molecule has 0 aliphatic carbocycles. The molecule has 266 valence electrons. The van der Waals surface area contributed by atoms with Crippen molar-refractivity contribution < 1.29 is 19.1 Å². The summed E-state index contributed by atoms with van der Waals surface area (Å²) in [5.74, 6) is 1.21. The molecule has 0 atom stereocenters. The zero-order valence-corrected chi connectivity index (χ0v) is 30.3. The van der Waals surface area contributed by atoms with Gasteiger partial charge in [0.15, 0.2) is 0 Å². The maximum atomic E-state index is 12.5. The minimum Gasteiger partial charge on any atom is -0.489 e. The molecule has 7 rings (SSSR count). The highest BCUT2D eigenvalue weighted by atomic mass is 35.5. The van der Waals surface area contributed by atoms with E-state index in [9.17, 15) is 9.59 Å². The van der Waals surface area contributed by atoms with E-state index >= 15 is 0 Å². The largest absolute Gasteiger partial charge is 0.489 e. The number of hydrogen-bond acceptors (Lipinski definition) is 4. The molecule has 54 heavy (non-hydrogen) atoms. The Labute approximate surface area is 320 Å². The van der Waals surface area contributed by atoms with Crippen molar-refractivity contribution in [1.29, 1.82) is 0 Å². The molecule has 0 spiro atoms. The van der Waals surface area contributed by atoms with Crippen LogP contribution in [0.3, 0.4) is 0 Å². The lowest BCUT2D eigenvalue weighted by atomic mass is 10.0. The summed E-state index contributed by atoms with van der Waals surface area (Å²) in [6, 6.07) is 54.3. The number of nitrogens with one attached hydrogen (secondary N) is 2. The van der Waals surface area contributed by atoms with Crippen molar-refractivity contribution in [2.24, 2.45) is 0 Å². The fourth-order valence-electron chi connectivity index (χ4n) is 5.87. The molecule has 0 fully saturated rings. The third kappa shape index (κ3) is 9.42. The topological polar surface area (TPSA) is 76.7 Å². The van der Waals surface area contributed by atoms with E-state index in [4.69, 9.17) is 21.1 Å². The lowest BCUT2D eigenvalue weighted by molar-refractivity contribution is 0.101. The summed E-state index contributed by atoms with van der Waals surface area (Å²) in [4.78, 5) is 25.0. The molecule has 7 aromatic carbocycles. The number of amides is 2. The van der Waals surface area contributed by atoms with E-state index in [0.717, 1.165) is 56.1 Å². The van der Waals surface area contributed by atoms with Crippen LogP contribution in [0.25, 0.3) is 22.3 Å². The van der Waals surface area contributed by atoms with Gasteiger partial charge in [-0.05, 0) is 119 Å². The fraction of sp³-hybridized carbons (Fsp3) is 0.0638. The molecule has 0 aromatic heterocycles. The highest BCUT2D eigenvalue weighted by Gasteiger charge is 2.09. The Morgan fingerprint density at radius 2 is 0.870 bits per heavy atom. The van der Waals surface area contributed by atoms with Gasteiger partial charge in [0, 0.05) is 27.5 Å². The Bertz CT molecular complexity index is 2190. The van der Waals surface area contributed by atoms with Crippen molar-refractivity contribution in [3.05, 3.63) is 203 Å². The second kappa shape index (κ2) is 16.8. The quantitative estimate of drug-likeness (QED) is 0.131. The lowest BCUT2D eigenvalue weighted by Gasteiger charge is -2.10. The first-order valence-corrected chi connectivity index (χ1v) is 17.9. The van der Waals surface area contributed by atoms with Crippen LogP contribution in [0.5, 0.6) is 11.5 Å². The van der Waals surface area contributed by atoms with Crippen LogP contribution < -0.4 is 20.1 Å². The first-order chi connectivity index (χ1) is 26.3. The number of hydrogen-bond donors (Lipinski definition) is 2. The first-order valence-electron chi connectivity index (χ1n) is 17.5. The summed E-state index contributed by atoms with van der Waals surface area (Å²) < 4.78 is 12.1. The average Bonchev–Trinajstić information content (AvgIpc) is 3.21. The molecule has 0 aliphatic heterocycles. The number of anilines is 2. The van der Waals surface area contributed by atoms with E-state index in [1.165, 1.54) is 0 Å². The van der Waals surface area contributed by atoms with Gasteiger partial charge < -0.3 is 20.1 Å². The summed E-state index contributed by atoms with van der Waals surface area (Å²) in [5.41, 5.74) is 10.0. The van der Waals surface area contributed by atoms with Crippen LogP contribution in [0.15, 0.2) is 170 Å². The van der Waals surface area contributed by atoms with Crippen molar-refractivity contribution >= 4 is 34.8 Å². The molecule has 0 bridgehead atoms. The number of aryl methyl sites for hydroxylation is 1. The Kier molecular flexibility index (Phi) is 11.1. The molecule has 0 saturated carbocycles. The number of benzene rings is 7. The van der Waals surface area contributed by atoms with Crippen LogP contribution in [-0.2, 0) is 13.2 Å². The van der Waals surface area contributed by atoms with Crippen LogP contribution >= 0.6 is 11.6 Å². The van der Waals surface area contributed by atoms with Crippen LogP contribution in [0.4, 0.5) is 11.4 Å². The molecule has 0 radical (unpaired) electrons. The van der Waals surface area contributed by atoms with Crippen LogP contribution in [0.1, 0.15) is 37.4 Å². The Morgan fingerprint density at radius 1 is 0.481 bits per heavy atom. The zero-order valence-electron chi connectivity index (χ0n) is 29.6. The van der Waals surface area contributed by atoms with Crippen molar-refractivity contribution in [1.82, 2.24) is 0 Å². The number of carbonyl (C=O) groups is 2. The number of ether oxygens (including phenoxy) is 2. The molecule has 6 nitrogen and oxygen atoms in total. The van der Waals surface area contributed by atoms with Gasteiger partial charge >= 0.3 is 0 Å². The second-order valence-electron chi connectivity index (χ2n) is 12.9. The minimum absolute atomic E-state index is 0.130. The molecule has 0 unspecified atom stereocenters. The molecular weight excluding hydrogens is 692 g/mol. The smallest absolute Gasteiger partial charge is 0.255 e. The molecule has 2 amide bonds. The van der Waals surface area contributed by atoms with E-state index in [1.54, 1.807) is 24.3 Å². The summed E-state index contributed by atoms with van der Waals surface area (Å²) in [5, 5.41) is 6.36. The SMILES string of the molecule is Cc1cccc(C(=O)Nc2ccc(COc3ccc(-c4ccc(-c5ccc(OCc6ccc(NC(=O)c7cccc(Cl)c7)cc6)cc5)cc4)cc3)cc2)c1. The van der Waals surface area contributed by atoms with Gasteiger partial charge in [-0.2, -0.15) is 0 Å². The number of rotatable bonds is 12. The van der Waals surface area contributed by atoms with Gasteiger partial charge in [0.25, 0.3) is 11.8 Å². The highest BCUT2D eigenvalue weighted by molar-refractivity contribution is 6.31. The minimum atomic E-state index is -0.212. The van der Waals surface area contributed by atoms with Crippen molar-refractivity contribution in [3.8, 4) is 33.8 Å². The summed E-state index contributed by atoms with van der Waals surface area (Å²) >= 11 is 6.01. The average molecular weight is 729 g/mol. The van der Waals surface area contributed by atoms with Gasteiger partial charge in [-0.3, -0.25) is 9.59 Å². The first kappa shape index (κ1) is 35.8. The zero-order chi connectivity index (χ0) is 37.3. The fourth-order valence-corrected chi connectivity index (χ4v) is 6.06. The molecule has 7 aromatic rings. The standard InChI is InChI=1S/C47H37ClN2O4/c1-32-4-2-5-39(28-32)46(51)49-42-20-8-33(9-21-42)30-53-44-24-16-37(17-25-44)35-12-14-36(15-13-35)38-18-26-45(27-19-38)54-31-34-10-22-43(23-11-34)50-47(52)40-6-3-7-41(48)29-40/h2-29H,30-31H2,1H3,(H,49,51)(H,50,52). The Morgan fingerprint density at radius 3 is 1.28 bits per heavy atom. The summed E-state index contributed by atoms with van der Waals surface area (Å²) in [7, 11) is 0. The van der Waals surface area contributed by atoms with Gasteiger partial charge in [0.1, 0.15) is 24.7 Å². The molecule has 0 aliphatic rings. The van der Waals surface area contributed by atoms with E-state index in [-0.39, 0.29) is 11.8 Å². The van der Waals surface area contributed by atoms with E-state index in [2.05, 4.69) is 59.2 Å². The van der Waals surface area contributed by atoms with Gasteiger partial charge in [0.2, 0.25) is 0 Å². The van der Waals surface area contributed by atoms with Crippen molar-refractivity contribution in [2.75, 3.05) is 10.6 Å². The Balaban J connectivity index is 0.868. The Hall–Kier alpha value is -6.63. The predicted molar refractivity (Wildman–Crippen MR) is 217 cm³/mol. The van der Waals surface area contributed by atoms with Gasteiger partial charge in [0.05, 0.1) is 0 Å². The van der Waals surface area contributed by atoms with Gasteiger partial charge in [-0.1, -0.05) is 108 Å². The predicted octanol–water partition coefficient (Wildman–Crippen LogP) is 11.6. The monoisotopic (exact) mass is 728 g/mol. The van der Waals surface area contributed by atoms with Crippen LogP contribution in [0, 0.1) is 6.92 Å². The maximum absolute atomic E-state index is 12.5. The van der Waals surface area contributed by atoms with Crippen LogP contribution in [-0.4, -0.2) is 11.8 Å². The third-order valence-corrected chi connectivity index (χ3v) is 9.10. The van der Waals surface area contributed by atoms with Gasteiger partial charge in [-0.25, -0.2) is 0 Å². The molecule has 2 N–H and O–H groups in total. The van der Waals surface area contributed by atoms with Crippen molar-refractivity contribution in [2.45, 2.75) is 20.1 Å². The maximum Gasteiger partial charge on any atom is 0.255 e. The molecule has 0 heterocycles. The van der Waals surface area contributed by atoms with E-state index in [0.29, 0.717) is 35.1 Å². The lowest BCUT2D eigenvalue weighted by Crippen LogP contribution is -2.11. The van der Waals surface area contributed by atoms with E-state index in [1.807, 2.05) is 104 Å². The van der Waals surface area contributed by atoms with Crippen LogP contribution in [0.2, 0.25) is 5.02 Å². The summed E-state index contributed by atoms with van der Waals surface area (Å²) in [6.45, 7) is 2.80. The molecule has 0 saturated heterocycles. The summed E-state index contributed by atoms with van der Waals surface area (Å²) in [6.07, 6.45) is 0. The number of carbonyl (C=O) groups excluding carboxylic acids is 2. The van der Waals surface area contributed by atoms with Crippen molar-refractivity contribution in [3.63, 3.8) is 0 Å². The second-order valence-corrected chi connectivity index (χ2v) is 13.3. The highest BCUT2D eigenvalue weighted by Crippen LogP contribution is 2.28. The number of halogens is 1. The molecule has 7 heteroatoms. The van der Waals surface area contributed by atoms with E-state index < -0.39 is 0 Å². The van der Waals surface area contributed by atoms with Gasteiger partial charge in [-0.15, -0.1) is 0 Å². The molecular formula is C47H37ClN2O4. The third-order valence-electron chi connectivity index (χ3n) is 8.86. The normalized spacial score (nSPS) is 10.7.